The molecule has 1 aliphatic heterocycles. The molecule has 1 heterocycles. The van der Waals surface area contributed by atoms with Crippen LogP contribution in [0.2, 0.25) is 0 Å². The van der Waals surface area contributed by atoms with Gasteiger partial charge in [-0.3, -0.25) is 5.32 Å². The summed E-state index contributed by atoms with van der Waals surface area (Å²) in [4.78, 5) is 2.42. The number of rotatable bonds is 31. The Morgan fingerprint density at radius 3 is 1.40 bits per heavy atom. The molecule has 0 aromatic rings. The van der Waals surface area contributed by atoms with Gasteiger partial charge in [0.2, 0.25) is 0 Å². The van der Waals surface area contributed by atoms with Gasteiger partial charge in [-0.15, -0.1) is 0 Å². The molecule has 0 aromatic carbocycles. The highest BCUT2D eigenvalue weighted by Gasteiger charge is 2.47. The van der Waals surface area contributed by atoms with Gasteiger partial charge in [0.05, 0.1) is 6.10 Å². The van der Waals surface area contributed by atoms with Crippen LogP contribution in [0.15, 0.2) is 48.6 Å². The number of nitrogens with zero attached hydrogens (tertiary/aromatic N) is 1. The lowest BCUT2D eigenvalue weighted by molar-refractivity contribution is -0.0759. The van der Waals surface area contributed by atoms with Crippen molar-refractivity contribution in [3.63, 3.8) is 0 Å². The van der Waals surface area contributed by atoms with E-state index in [9.17, 15) is 0 Å². The number of fused-ring (bicyclic) bond motifs is 1. The van der Waals surface area contributed by atoms with Crippen LogP contribution in [0.4, 0.5) is 0 Å². The fraction of sp³-hybridized carbons (Fsp3) is 0.822. The highest BCUT2D eigenvalue weighted by Crippen LogP contribution is 2.38. The zero-order chi connectivity index (χ0) is 34.4. The van der Waals surface area contributed by atoms with Crippen LogP contribution in [0.1, 0.15) is 200 Å². The van der Waals surface area contributed by atoms with Crippen molar-refractivity contribution in [2.24, 2.45) is 0 Å². The minimum absolute atomic E-state index is 0.0684. The zero-order valence-electron chi connectivity index (χ0n) is 32.7. The minimum Gasteiger partial charge on any atom is -0.356 e. The van der Waals surface area contributed by atoms with E-state index in [1.54, 1.807) is 0 Å². The molecule has 2 rings (SSSR count). The van der Waals surface area contributed by atoms with Gasteiger partial charge < -0.3 is 9.64 Å². The molecule has 2 aliphatic rings. The molecule has 0 unspecified atom stereocenters. The standard InChI is InChI=1S/C45H82N2O/c1-5-7-9-11-13-15-17-19-21-23-25-27-29-31-33-35-39-45(46-43-38-37-42(47(3)4)41-44(43)48-45)40-36-34-32-30-28-26-24-22-20-18-16-14-12-10-8-6-2/h13-16,19-22,42-44,46H,5-12,17-18,23-41H2,1-4H3/b15-13-,16-14-,21-19-,22-20-/t42-,43+,44-/m1/s1. The molecule has 48 heavy (non-hydrogen) atoms. The molecule has 1 saturated carbocycles. The van der Waals surface area contributed by atoms with E-state index in [0.717, 1.165) is 12.8 Å². The monoisotopic (exact) mass is 667 g/mol. The van der Waals surface area contributed by atoms with Gasteiger partial charge in [-0.25, -0.2) is 0 Å². The predicted octanol–water partition coefficient (Wildman–Crippen LogP) is 13.6. The highest BCUT2D eigenvalue weighted by molar-refractivity contribution is 5.00. The number of nitrogens with one attached hydrogen (secondary N) is 1. The second kappa shape index (κ2) is 29.6. The number of hydrogen-bond acceptors (Lipinski definition) is 3. The third-order valence-corrected chi connectivity index (χ3v) is 10.9. The molecule has 3 heteroatoms. The summed E-state index contributed by atoms with van der Waals surface area (Å²) in [5, 5.41) is 4.10. The first-order chi connectivity index (χ1) is 23.6. The summed E-state index contributed by atoms with van der Waals surface area (Å²) in [6.07, 6.45) is 57.0. The Bertz CT molecular complexity index is 794. The van der Waals surface area contributed by atoms with Gasteiger partial charge in [0.15, 0.2) is 0 Å². The zero-order valence-corrected chi connectivity index (χ0v) is 32.7. The molecular formula is C45H82N2O. The first-order valence-corrected chi connectivity index (χ1v) is 21.3. The first-order valence-electron chi connectivity index (χ1n) is 21.3. The fourth-order valence-electron chi connectivity index (χ4n) is 7.72. The van der Waals surface area contributed by atoms with Crippen molar-refractivity contribution in [1.82, 2.24) is 10.2 Å². The normalized spacial score (nSPS) is 21.2. The lowest BCUT2D eigenvalue weighted by atomic mass is 9.88. The molecule has 0 spiro atoms. The van der Waals surface area contributed by atoms with E-state index in [1.165, 1.54) is 173 Å². The van der Waals surface area contributed by atoms with Crippen molar-refractivity contribution in [1.29, 1.82) is 0 Å². The summed E-state index contributed by atoms with van der Waals surface area (Å²) in [5.41, 5.74) is -0.0684. The average Bonchev–Trinajstić information content (AvgIpc) is 3.45. The Kier molecular flexibility index (Phi) is 26.5. The number of allylic oxidation sites excluding steroid dienone is 8. The Morgan fingerprint density at radius 1 is 0.542 bits per heavy atom. The van der Waals surface area contributed by atoms with Crippen LogP contribution < -0.4 is 5.32 Å². The summed E-state index contributed by atoms with van der Waals surface area (Å²) in [6.45, 7) is 4.55. The molecular weight excluding hydrogens is 585 g/mol. The van der Waals surface area contributed by atoms with Gasteiger partial charge in [-0.1, -0.05) is 140 Å². The quantitative estimate of drug-likeness (QED) is 0.0589. The molecule has 1 saturated heterocycles. The number of unbranched alkanes of at least 4 members (excludes halogenated alkanes) is 18. The van der Waals surface area contributed by atoms with Crippen LogP contribution in [0, 0.1) is 0 Å². The Balaban J connectivity index is 1.59. The number of hydrogen-bond donors (Lipinski definition) is 1. The van der Waals surface area contributed by atoms with E-state index in [-0.39, 0.29) is 5.72 Å². The summed E-state index contributed by atoms with van der Waals surface area (Å²) in [5.74, 6) is 0. The van der Waals surface area contributed by atoms with E-state index in [0.29, 0.717) is 18.2 Å². The second-order valence-electron chi connectivity index (χ2n) is 15.5. The van der Waals surface area contributed by atoms with Crippen LogP contribution in [0.25, 0.3) is 0 Å². The van der Waals surface area contributed by atoms with Crippen LogP contribution >= 0.6 is 0 Å². The summed E-state index contributed by atoms with van der Waals surface area (Å²) in [7, 11) is 4.49. The van der Waals surface area contributed by atoms with Gasteiger partial charge in [0.25, 0.3) is 0 Å². The topological polar surface area (TPSA) is 24.5 Å². The van der Waals surface area contributed by atoms with E-state index >= 15 is 0 Å². The van der Waals surface area contributed by atoms with Crippen molar-refractivity contribution < 1.29 is 4.74 Å². The van der Waals surface area contributed by atoms with Crippen molar-refractivity contribution in [3.05, 3.63) is 48.6 Å². The van der Waals surface area contributed by atoms with E-state index < -0.39 is 0 Å². The van der Waals surface area contributed by atoms with Gasteiger partial charge >= 0.3 is 0 Å². The maximum Gasteiger partial charge on any atom is 0.119 e. The second-order valence-corrected chi connectivity index (χ2v) is 15.5. The lowest BCUT2D eigenvalue weighted by Crippen LogP contribution is -2.46. The molecule has 1 aliphatic carbocycles. The largest absolute Gasteiger partial charge is 0.356 e. The van der Waals surface area contributed by atoms with Crippen LogP contribution in [0.3, 0.4) is 0 Å². The highest BCUT2D eigenvalue weighted by atomic mass is 16.5. The van der Waals surface area contributed by atoms with Crippen LogP contribution in [0.5, 0.6) is 0 Å². The maximum atomic E-state index is 7.02. The molecule has 2 fully saturated rings. The molecule has 0 radical (unpaired) electrons. The van der Waals surface area contributed by atoms with Crippen LogP contribution in [-0.4, -0.2) is 42.9 Å². The van der Waals surface area contributed by atoms with E-state index in [4.69, 9.17) is 4.74 Å². The SMILES string of the molecule is CCCCC/C=C\C/C=C\CCCCCCCCC1(CCCCCCCC/C=C\C/C=C\CCCCC)N[C@H]2CC[C@@H](N(C)C)C[C@H]2O1. The predicted molar refractivity (Wildman–Crippen MR) is 214 cm³/mol. The van der Waals surface area contributed by atoms with Crippen molar-refractivity contribution in [3.8, 4) is 0 Å². The minimum atomic E-state index is -0.0684. The molecule has 0 amide bonds. The number of ether oxygens (including phenoxy) is 1. The molecule has 278 valence electrons. The first kappa shape index (κ1) is 43.0. The lowest BCUT2D eigenvalue weighted by Gasteiger charge is -2.34. The van der Waals surface area contributed by atoms with Crippen molar-refractivity contribution in [2.45, 2.75) is 224 Å². The van der Waals surface area contributed by atoms with Crippen molar-refractivity contribution in [2.75, 3.05) is 14.1 Å². The Morgan fingerprint density at radius 2 is 0.958 bits per heavy atom. The van der Waals surface area contributed by atoms with Crippen LogP contribution in [-0.2, 0) is 4.74 Å². The third kappa shape index (κ3) is 21.1. The molecule has 0 aromatic heterocycles. The van der Waals surface area contributed by atoms with E-state index in [1.807, 2.05) is 0 Å². The molecule has 3 atom stereocenters. The molecule has 0 bridgehead atoms. The smallest absolute Gasteiger partial charge is 0.119 e. The van der Waals surface area contributed by atoms with E-state index in [2.05, 4.69) is 86.8 Å². The fourth-order valence-corrected chi connectivity index (χ4v) is 7.72. The van der Waals surface area contributed by atoms with Gasteiger partial charge in [0, 0.05) is 12.1 Å². The molecule has 1 N–H and O–H groups in total. The Labute approximate surface area is 300 Å². The van der Waals surface area contributed by atoms with Crippen molar-refractivity contribution >= 4 is 0 Å². The van der Waals surface area contributed by atoms with Gasteiger partial charge in [-0.05, 0) is 123 Å². The van der Waals surface area contributed by atoms with Gasteiger partial charge in [-0.2, -0.15) is 0 Å². The average molecular weight is 667 g/mol. The Hall–Kier alpha value is -1.16. The summed E-state index contributed by atoms with van der Waals surface area (Å²) < 4.78 is 7.02. The summed E-state index contributed by atoms with van der Waals surface area (Å²) in [6, 6.07) is 1.24. The summed E-state index contributed by atoms with van der Waals surface area (Å²) >= 11 is 0. The third-order valence-electron chi connectivity index (χ3n) is 10.9. The van der Waals surface area contributed by atoms with Gasteiger partial charge in [0.1, 0.15) is 5.72 Å². The maximum absolute atomic E-state index is 7.02. The molecule has 3 nitrogen and oxygen atoms in total.